The molecule has 0 unspecified atom stereocenters. The van der Waals surface area contributed by atoms with Gasteiger partial charge in [-0.15, -0.1) is 45.3 Å². The fourth-order valence-electron chi connectivity index (χ4n) is 11.9. The van der Waals surface area contributed by atoms with Crippen molar-refractivity contribution in [1.29, 1.82) is 0 Å². The lowest BCUT2D eigenvalue weighted by atomic mass is 10.1. The van der Waals surface area contributed by atoms with Crippen molar-refractivity contribution >= 4 is 208 Å². The van der Waals surface area contributed by atoms with Crippen LogP contribution in [0, 0.1) is 0 Å². The molecule has 14 nitrogen and oxygen atoms in total. The molecule has 0 N–H and O–H groups in total. The van der Waals surface area contributed by atoms with E-state index in [-0.39, 0.29) is 40.5 Å². The second kappa shape index (κ2) is 36.5. The van der Waals surface area contributed by atoms with Crippen molar-refractivity contribution in [1.82, 2.24) is 0 Å². The van der Waals surface area contributed by atoms with E-state index in [1.165, 1.54) is 0 Å². The van der Waals surface area contributed by atoms with Gasteiger partial charge in [0.25, 0.3) is 0 Å². The molecule has 0 fully saturated rings. The van der Waals surface area contributed by atoms with E-state index in [1.807, 2.05) is 193 Å². The van der Waals surface area contributed by atoms with Crippen molar-refractivity contribution in [3.05, 3.63) is 414 Å². The first-order chi connectivity index (χ1) is 56.4. The van der Waals surface area contributed by atoms with Crippen molar-refractivity contribution in [3.63, 3.8) is 0 Å². The Morgan fingerprint density at radius 2 is 0.621 bits per heavy atom. The summed E-state index contributed by atoms with van der Waals surface area (Å²) in [4.78, 5) is 88.8. The van der Waals surface area contributed by atoms with Gasteiger partial charge in [-0.3, -0.25) is 33.6 Å². The molecule has 0 bridgehead atoms. The zero-order valence-corrected chi connectivity index (χ0v) is 71.0. The maximum Gasteiger partial charge on any atom is 0.231 e. The maximum atomic E-state index is 12.4. The van der Waals surface area contributed by atoms with E-state index in [0.717, 1.165) is 57.2 Å². The maximum absolute atomic E-state index is 12.4. The van der Waals surface area contributed by atoms with Crippen LogP contribution in [0.4, 0.5) is 0 Å². The van der Waals surface area contributed by atoms with Crippen molar-refractivity contribution in [2.45, 2.75) is 0 Å². The Labute approximate surface area is 722 Å². The summed E-state index contributed by atoms with van der Waals surface area (Å²) in [5.41, 5.74) is 7.05. The standard InChI is InChI=1S/C24H14O4.C17H12O2.C13H6Br2O2S.3C13H7BrO2S/c25-23-17-5-1-3-7-19(17)27-21(23)13-15-9-11-16(12-10-15)14-22-24(26)18-6-2-4-8-20(18)28-22;18-17-14-10-4-5-11-15(14)19-16(17)12-6-9-13-7-2-1-3-8-13;14-9-5-7(18-13(9)15)6-11-12(16)8-3-1-2-4-10(8)17-11;14-8-5-9(17-7-8)6-12-13(15)10-3-1-2-4-11(10)16-12;14-12-6-5-8(17-12)7-11-13(15)9-3-1-2-4-10(9)16-11;14-9-5-6-17-12(9)7-11-13(15)8-3-1-2-4-10(8)16-11/h1-14H;1-12H;1-6H;3*1-7H/b21-13-,22-14-;9-6+,16-12-;11-6-;12-6-;2*11-7-. The highest BCUT2D eigenvalue weighted by atomic mass is 79.9. The molecule has 568 valence electrons. The molecule has 0 amide bonds. The minimum absolute atomic E-state index is 0.0508. The molecule has 0 saturated carbocycles. The number of benzene rings is 9. The van der Waals surface area contributed by atoms with Crippen LogP contribution in [0.15, 0.2) is 339 Å². The fraction of sp³-hybridized carbons (Fsp3) is 0. The van der Waals surface area contributed by atoms with E-state index in [9.17, 15) is 33.6 Å². The van der Waals surface area contributed by atoms with Crippen LogP contribution in [0.2, 0.25) is 0 Å². The van der Waals surface area contributed by atoms with Gasteiger partial charge in [0.15, 0.2) is 40.3 Å². The van der Waals surface area contributed by atoms with Crippen LogP contribution in [0.5, 0.6) is 40.2 Å². The minimum atomic E-state index is -0.121. The highest BCUT2D eigenvalue weighted by Gasteiger charge is 2.33. The number of allylic oxidation sites excluding steroid dienone is 9. The number of halogens is 5. The molecule has 4 aromatic heterocycles. The van der Waals surface area contributed by atoms with E-state index >= 15 is 0 Å². The van der Waals surface area contributed by atoms with Gasteiger partial charge in [-0.05, 0) is 235 Å². The average Bonchev–Trinajstić information content (AvgIpc) is 1.68. The van der Waals surface area contributed by atoms with Crippen LogP contribution < -0.4 is 33.2 Å². The molecule has 20 rings (SSSR count). The predicted molar refractivity (Wildman–Crippen MR) is 473 cm³/mol. The quantitative estimate of drug-likeness (QED) is 0.131. The summed E-state index contributed by atoms with van der Waals surface area (Å²) in [6, 6.07) is 77.9. The SMILES string of the molecule is O=C1/C(=C/C=C/c2ccccc2)Oc2ccccc21.O=C1/C(=C/c2cc(Br)c(Br)s2)Oc2ccccc21.O=C1/C(=C/c2cc(Br)cs2)Oc2ccccc21.O=C1/C(=C/c2ccc(/C=C3\Oc4ccccc4C3=O)cc2)Oc2ccccc21.O=C1/C(=C/c2ccc(Br)s2)Oc2ccccc21.O=C1/C(=C/c2sccc2Br)Oc2ccccc21. The first-order valence-corrected chi connectivity index (χ1v) is 42.5. The van der Waals surface area contributed by atoms with Crippen LogP contribution in [-0.4, -0.2) is 40.5 Å². The van der Waals surface area contributed by atoms with Gasteiger partial charge in [-0.1, -0.05) is 152 Å². The molecule has 0 aliphatic carbocycles. The zero-order chi connectivity index (χ0) is 80.3. The number of hydrogen-bond acceptors (Lipinski definition) is 18. The first kappa shape index (κ1) is 79.6. The van der Waals surface area contributed by atoms with Gasteiger partial charge < -0.3 is 33.2 Å². The van der Waals surface area contributed by atoms with E-state index in [2.05, 4.69) is 79.6 Å². The topological polar surface area (TPSA) is 184 Å². The van der Waals surface area contributed by atoms with Gasteiger partial charge in [0, 0.05) is 62.6 Å². The van der Waals surface area contributed by atoms with Gasteiger partial charge in [0.05, 0.1) is 46.5 Å². The molecule has 9 aromatic carbocycles. The summed E-state index contributed by atoms with van der Waals surface area (Å²) in [6.45, 7) is 0. The Bertz CT molecular complexity index is 6140. The Hall–Kier alpha value is -11.6. The Balaban J connectivity index is 0.000000110. The third-order valence-electron chi connectivity index (χ3n) is 17.5. The molecule has 0 atom stereocenters. The highest BCUT2D eigenvalue weighted by molar-refractivity contribution is 9.13. The fourth-order valence-corrected chi connectivity index (χ4v) is 18.1. The second-order valence-electron chi connectivity index (χ2n) is 25.2. The van der Waals surface area contributed by atoms with Gasteiger partial charge in [-0.2, -0.15) is 0 Å². The van der Waals surface area contributed by atoms with Crippen molar-refractivity contribution in [2.75, 3.05) is 0 Å². The molecular weight excluding hydrogens is 1870 g/mol. The molecule has 7 aliphatic rings. The number of Topliss-reactive ketones (excluding diaryl/α,β-unsaturated/α-hetero) is 7. The van der Waals surface area contributed by atoms with Gasteiger partial charge in [0.2, 0.25) is 40.5 Å². The zero-order valence-electron chi connectivity index (χ0n) is 59.8. The molecule has 7 aliphatic heterocycles. The molecule has 0 saturated heterocycles. The first-order valence-electron chi connectivity index (χ1n) is 35.1. The molecule has 116 heavy (non-hydrogen) atoms. The lowest BCUT2D eigenvalue weighted by molar-refractivity contribution is 0.101. The van der Waals surface area contributed by atoms with Gasteiger partial charge in [-0.25, -0.2) is 0 Å². The lowest BCUT2D eigenvalue weighted by Gasteiger charge is -2.01. The van der Waals surface area contributed by atoms with E-state index in [4.69, 9.17) is 33.2 Å². The van der Waals surface area contributed by atoms with Crippen molar-refractivity contribution in [2.24, 2.45) is 0 Å². The number of para-hydroxylation sites is 7. The second-order valence-corrected chi connectivity index (χ2v) is 34.6. The van der Waals surface area contributed by atoms with Crippen LogP contribution in [0.1, 0.15) is 109 Å². The Kier molecular flexibility index (Phi) is 25.0. The van der Waals surface area contributed by atoms with Crippen LogP contribution in [-0.2, 0) is 0 Å². The van der Waals surface area contributed by atoms with E-state index in [1.54, 1.807) is 173 Å². The van der Waals surface area contributed by atoms with Crippen molar-refractivity contribution < 1.29 is 66.7 Å². The summed E-state index contributed by atoms with van der Waals surface area (Å²) in [5, 5.41) is 3.93. The minimum Gasteiger partial charge on any atom is -0.452 e. The summed E-state index contributed by atoms with van der Waals surface area (Å²) >= 11 is 23.3. The summed E-state index contributed by atoms with van der Waals surface area (Å²) in [7, 11) is 0. The normalized spacial score (nSPS) is 16.3. The lowest BCUT2D eigenvalue weighted by Crippen LogP contribution is -1.98. The molecule has 23 heteroatoms. The molecule has 0 radical (unpaired) electrons. The number of fused-ring (bicyclic) bond motifs is 7. The number of hydrogen-bond donors (Lipinski definition) is 0. The third kappa shape index (κ3) is 18.7. The molecule has 13 aromatic rings. The van der Waals surface area contributed by atoms with Gasteiger partial charge in [0.1, 0.15) is 40.2 Å². The predicted octanol–water partition coefficient (Wildman–Crippen LogP) is 26.0. The summed E-state index contributed by atoms with van der Waals surface area (Å²) in [6.07, 6.45) is 16.0. The highest BCUT2D eigenvalue weighted by Crippen LogP contribution is 2.41. The van der Waals surface area contributed by atoms with E-state index < -0.39 is 0 Å². The Morgan fingerprint density at radius 3 is 0.957 bits per heavy atom. The van der Waals surface area contributed by atoms with Crippen LogP contribution >= 0.6 is 125 Å². The molecular formula is C93H53Br5O14S4. The smallest absolute Gasteiger partial charge is 0.231 e. The number of ether oxygens (including phenoxy) is 7. The van der Waals surface area contributed by atoms with Crippen LogP contribution in [0.25, 0.3) is 42.5 Å². The Morgan fingerprint density at radius 1 is 0.276 bits per heavy atom. The third-order valence-corrected chi connectivity index (χ3v) is 25.7. The average molecular weight is 1920 g/mol. The van der Waals surface area contributed by atoms with Crippen LogP contribution in [0.3, 0.4) is 0 Å². The number of carbonyl (C=O) groups excluding carboxylic acids is 7. The molecule has 0 spiro atoms. The van der Waals surface area contributed by atoms with Gasteiger partial charge >= 0.3 is 0 Å². The number of ketones is 7. The van der Waals surface area contributed by atoms with Crippen molar-refractivity contribution in [3.8, 4) is 40.2 Å². The monoisotopic (exact) mass is 1920 g/mol. The number of rotatable bonds is 8. The number of thiophene rings is 4. The summed E-state index contributed by atoms with van der Waals surface area (Å²) < 4.78 is 44.0. The van der Waals surface area contributed by atoms with E-state index in [0.29, 0.717) is 120 Å². The number of carbonyl (C=O) groups is 7. The molecule has 11 heterocycles. The summed E-state index contributed by atoms with van der Waals surface area (Å²) in [5.74, 6) is 6.32. The largest absolute Gasteiger partial charge is 0.452 e.